The summed E-state index contributed by atoms with van der Waals surface area (Å²) in [5, 5.41) is 12.8. The number of hydrogen-bond donors (Lipinski definition) is 0. The van der Waals surface area contributed by atoms with Crippen molar-refractivity contribution in [1.82, 2.24) is 0 Å². The standard InChI is InChI=1S/C12H16N4O10/c1-5(17)22-4-8-10(23-6(2)18)11(24-7(3)19)9(14-15-13)12(25-8)26-16(20)21/h8-12H,4H2,1-3H3/t8-,9+,10-,11-,12?/m1/s1. The van der Waals surface area contributed by atoms with Crippen LogP contribution in [0.25, 0.3) is 10.4 Å². The summed E-state index contributed by atoms with van der Waals surface area (Å²) in [5.41, 5.74) is 8.69. The number of rotatable bonds is 7. The summed E-state index contributed by atoms with van der Waals surface area (Å²) in [7, 11) is 0. The van der Waals surface area contributed by atoms with Gasteiger partial charge in [0.2, 0.25) is 6.29 Å². The van der Waals surface area contributed by atoms with E-state index in [1.807, 2.05) is 0 Å². The van der Waals surface area contributed by atoms with Crippen molar-refractivity contribution in [3.63, 3.8) is 0 Å². The first-order valence-corrected chi connectivity index (χ1v) is 7.14. The zero-order valence-electron chi connectivity index (χ0n) is 14.0. The Morgan fingerprint density at radius 3 is 2.19 bits per heavy atom. The number of azide groups is 1. The first-order chi connectivity index (χ1) is 12.1. The zero-order valence-corrected chi connectivity index (χ0v) is 14.0. The molecule has 0 N–H and O–H groups in total. The summed E-state index contributed by atoms with van der Waals surface area (Å²) in [4.78, 5) is 51.3. The highest BCUT2D eigenvalue weighted by atomic mass is 17.0. The number of carbonyl (C=O) groups excluding carboxylic acids is 3. The third kappa shape index (κ3) is 6.07. The van der Waals surface area contributed by atoms with E-state index in [0.29, 0.717) is 0 Å². The van der Waals surface area contributed by atoms with E-state index in [0.717, 1.165) is 20.8 Å². The molecule has 1 rings (SSSR count). The van der Waals surface area contributed by atoms with Crippen LogP contribution in [0.1, 0.15) is 20.8 Å². The van der Waals surface area contributed by atoms with Crippen molar-refractivity contribution >= 4 is 17.9 Å². The molecule has 5 atom stereocenters. The van der Waals surface area contributed by atoms with Crippen LogP contribution in [0.5, 0.6) is 0 Å². The van der Waals surface area contributed by atoms with Crippen molar-refractivity contribution in [3.05, 3.63) is 20.6 Å². The van der Waals surface area contributed by atoms with Crippen LogP contribution in [0.2, 0.25) is 0 Å². The molecule has 0 radical (unpaired) electrons. The van der Waals surface area contributed by atoms with Gasteiger partial charge < -0.3 is 18.9 Å². The quantitative estimate of drug-likeness (QED) is 0.111. The molecule has 26 heavy (non-hydrogen) atoms. The van der Waals surface area contributed by atoms with E-state index in [1.54, 1.807) is 0 Å². The van der Waals surface area contributed by atoms with Crippen molar-refractivity contribution < 1.29 is 43.3 Å². The second-order valence-electron chi connectivity index (χ2n) is 5.02. The molecular weight excluding hydrogens is 360 g/mol. The summed E-state index contributed by atoms with van der Waals surface area (Å²) in [6, 6.07) is -1.55. The maximum atomic E-state index is 11.4. The van der Waals surface area contributed by atoms with Crippen LogP contribution in [0, 0.1) is 10.1 Å². The van der Waals surface area contributed by atoms with Gasteiger partial charge in [0.1, 0.15) is 18.8 Å². The number of carbonyl (C=O) groups is 3. The molecule has 1 aliphatic heterocycles. The molecule has 1 aliphatic rings. The Kier molecular flexibility index (Phi) is 7.55. The Morgan fingerprint density at radius 2 is 1.73 bits per heavy atom. The van der Waals surface area contributed by atoms with Gasteiger partial charge in [-0.1, -0.05) is 5.11 Å². The van der Waals surface area contributed by atoms with Gasteiger partial charge in [0.25, 0.3) is 5.09 Å². The smallest absolute Gasteiger partial charge is 0.303 e. The minimum Gasteiger partial charge on any atom is -0.463 e. The van der Waals surface area contributed by atoms with E-state index in [-0.39, 0.29) is 0 Å². The van der Waals surface area contributed by atoms with Gasteiger partial charge in [-0.3, -0.25) is 19.2 Å². The number of ether oxygens (including phenoxy) is 4. The predicted molar refractivity (Wildman–Crippen MR) is 77.4 cm³/mol. The monoisotopic (exact) mass is 376 g/mol. The Bertz CT molecular complexity index is 619. The SMILES string of the molecule is CC(=O)OC[C@H]1OC(O[N+](=O)[O-])[C@@H](N=[N+]=[N-])[C@@H](OC(C)=O)[C@@H]1OC(C)=O. The van der Waals surface area contributed by atoms with Gasteiger partial charge >= 0.3 is 17.9 Å². The lowest BCUT2D eigenvalue weighted by atomic mass is 9.97. The van der Waals surface area contributed by atoms with Gasteiger partial charge in [-0.15, -0.1) is 10.1 Å². The van der Waals surface area contributed by atoms with E-state index in [4.69, 9.17) is 24.5 Å². The number of hydrogen-bond acceptors (Lipinski definition) is 11. The van der Waals surface area contributed by atoms with Crippen LogP contribution in [0.3, 0.4) is 0 Å². The Labute approximate surface area is 146 Å². The molecule has 0 spiro atoms. The molecule has 1 unspecified atom stereocenters. The third-order valence-electron chi connectivity index (χ3n) is 3.04. The fourth-order valence-electron chi connectivity index (χ4n) is 2.24. The molecule has 0 bridgehead atoms. The summed E-state index contributed by atoms with van der Waals surface area (Å²) in [5.74, 6) is -2.36. The van der Waals surface area contributed by atoms with Gasteiger partial charge in [-0.2, -0.15) is 0 Å². The van der Waals surface area contributed by atoms with Gasteiger partial charge in [-0.05, 0) is 5.53 Å². The van der Waals surface area contributed by atoms with E-state index in [2.05, 4.69) is 14.9 Å². The Hall–Kier alpha value is -3.12. The minimum absolute atomic E-state index is 0.494. The second-order valence-corrected chi connectivity index (χ2v) is 5.02. The molecule has 0 aliphatic carbocycles. The molecular formula is C12H16N4O10. The van der Waals surface area contributed by atoms with Crippen LogP contribution >= 0.6 is 0 Å². The highest BCUT2D eigenvalue weighted by molar-refractivity contribution is 5.68. The summed E-state index contributed by atoms with van der Waals surface area (Å²) in [6.07, 6.45) is -5.94. The summed E-state index contributed by atoms with van der Waals surface area (Å²) >= 11 is 0. The lowest BCUT2D eigenvalue weighted by molar-refractivity contribution is -0.783. The molecule has 0 aromatic heterocycles. The van der Waals surface area contributed by atoms with Crippen molar-refractivity contribution in [3.8, 4) is 0 Å². The van der Waals surface area contributed by atoms with E-state index in [1.165, 1.54) is 0 Å². The summed E-state index contributed by atoms with van der Waals surface area (Å²) < 4.78 is 20.1. The maximum absolute atomic E-state index is 11.4. The fourth-order valence-corrected chi connectivity index (χ4v) is 2.24. The van der Waals surface area contributed by atoms with E-state index in [9.17, 15) is 24.5 Å². The highest BCUT2D eigenvalue weighted by Gasteiger charge is 2.51. The van der Waals surface area contributed by atoms with Gasteiger partial charge in [0, 0.05) is 25.7 Å². The van der Waals surface area contributed by atoms with Gasteiger partial charge in [0.05, 0.1) is 0 Å². The third-order valence-corrected chi connectivity index (χ3v) is 3.04. The number of nitrogens with zero attached hydrogens (tertiary/aromatic N) is 4. The van der Waals surface area contributed by atoms with Gasteiger partial charge in [0.15, 0.2) is 12.2 Å². The fraction of sp³-hybridized carbons (Fsp3) is 0.750. The lowest BCUT2D eigenvalue weighted by Crippen LogP contribution is -2.61. The van der Waals surface area contributed by atoms with Crippen LogP contribution in [0.15, 0.2) is 5.11 Å². The van der Waals surface area contributed by atoms with Crippen molar-refractivity contribution in [2.75, 3.05) is 6.61 Å². The Morgan fingerprint density at radius 1 is 1.15 bits per heavy atom. The van der Waals surface area contributed by atoms with Crippen molar-refractivity contribution in [2.24, 2.45) is 5.11 Å². The molecule has 0 aromatic rings. The first-order valence-electron chi connectivity index (χ1n) is 7.14. The Balaban J connectivity index is 3.28. The molecule has 144 valence electrons. The molecule has 0 aromatic carbocycles. The molecule has 14 nitrogen and oxygen atoms in total. The molecule has 0 amide bonds. The van der Waals surface area contributed by atoms with E-state index >= 15 is 0 Å². The van der Waals surface area contributed by atoms with Crippen molar-refractivity contribution in [2.45, 2.75) is 51.4 Å². The topological polar surface area (TPSA) is 189 Å². The molecule has 1 saturated heterocycles. The van der Waals surface area contributed by atoms with Crippen LogP contribution < -0.4 is 0 Å². The summed E-state index contributed by atoms with van der Waals surface area (Å²) in [6.45, 7) is 2.68. The lowest BCUT2D eigenvalue weighted by Gasteiger charge is -2.42. The largest absolute Gasteiger partial charge is 0.463 e. The van der Waals surface area contributed by atoms with Crippen LogP contribution in [-0.2, 0) is 38.2 Å². The molecule has 14 heteroatoms. The zero-order chi connectivity index (χ0) is 19.9. The highest BCUT2D eigenvalue weighted by Crippen LogP contribution is 2.29. The average molecular weight is 376 g/mol. The molecule has 1 fully saturated rings. The molecule has 1 heterocycles. The molecule has 0 saturated carbocycles. The van der Waals surface area contributed by atoms with E-state index < -0.39 is 60.2 Å². The first kappa shape index (κ1) is 20.9. The van der Waals surface area contributed by atoms with Crippen molar-refractivity contribution in [1.29, 1.82) is 0 Å². The maximum Gasteiger partial charge on any atom is 0.303 e. The van der Waals surface area contributed by atoms with Gasteiger partial charge in [-0.25, -0.2) is 0 Å². The van der Waals surface area contributed by atoms with Crippen LogP contribution in [0.4, 0.5) is 0 Å². The average Bonchev–Trinajstić information content (AvgIpc) is 2.49. The predicted octanol–water partition coefficient (Wildman–Crippen LogP) is 0.0250. The van der Waals surface area contributed by atoms with Crippen LogP contribution in [-0.4, -0.2) is 60.2 Å². The number of esters is 3. The normalized spacial score (nSPS) is 27.4. The minimum atomic E-state index is -1.79. The second kappa shape index (κ2) is 9.39.